The van der Waals surface area contributed by atoms with E-state index in [-0.39, 0.29) is 12.2 Å². The van der Waals surface area contributed by atoms with Gasteiger partial charge in [-0.1, -0.05) is 0 Å². The molecule has 1 heterocycles. The molecule has 2 N–H and O–H groups in total. The van der Waals surface area contributed by atoms with E-state index in [1.54, 1.807) is 0 Å². The van der Waals surface area contributed by atoms with Gasteiger partial charge in [-0.2, -0.15) is 0 Å². The van der Waals surface area contributed by atoms with Crippen LogP contribution < -0.4 is 0 Å². The maximum atomic E-state index is 12.9. The molecule has 0 amide bonds. The molecule has 1 atom stereocenters. The quantitative estimate of drug-likeness (QED) is 0.764. The second-order valence-electron chi connectivity index (χ2n) is 3.49. The van der Waals surface area contributed by atoms with Crippen LogP contribution in [0.3, 0.4) is 0 Å². The lowest BCUT2D eigenvalue weighted by Gasteiger charge is -2.20. The van der Waals surface area contributed by atoms with Crippen molar-refractivity contribution in [1.82, 2.24) is 0 Å². The Balaban J connectivity index is 0.000000606. The number of benzene rings is 1. The predicted octanol–water partition coefficient (Wildman–Crippen LogP) is 1.18. The van der Waals surface area contributed by atoms with E-state index in [4.69, 9.17) is 9.84 Å². The first-order valence-electron chi connectivity index (χ1n) is 4.82. The summed E-state index contributed by atoms with van der Waals surface area (Å²) in [4.78, 5) is 0. The Morgan fingerprint density at radius 1 is 1.19 bits per heavy atom. The van der Waals surface area contributed by atoms with Crippen molar-refractivity contribution in [1.29, 1.82) is 0 Å². The van der Waals surface area contributed by atoms with Gasteiger partial charge >= 0.3 is 0 Å². The van der Waals surface area contributed by atoms with Crippen LogP contribution in [0.4, 0.5) is 8.78 Å². The fourth-order valence-corrected chi connectivity index (χ4v) is 1.60. The van der Waals surface area contributed by atoms with Crippen molar-refractivity contribution in [2.24, 2.45) is 0 Å². The lowest BCUT2D eigenvalue weighted by atomic mass is 9.93. The van der Waals surface area contributed by atoms with Gasteiger partial charge in [0.05, 0.1) is 6.61 Å². The number of aliphatic hydroxyl groups excluding tert-OH is 1. The number of rotatable bonds is 1. The Hall–Kier alpha value is -1.04. The first kappa shape index (κ1) is 13.0. The van der Waals surface area contributed by atoms with Crippen molar-refractivity contribution in [3.8, 4) is 0 Å². The highest BCUT2D eigenvalue weighted by Gasteiger charge is 2.34. The van der Waals surface area contributed by atoms with Gasteiger partial charge in [0.25, 0.3) is 0 Å². The molecule has 1 aromatic carbocycles. The van der Waals surface area contributed by atoms with Crippen LogP contribution in [0.25, 0.3) is 0 Å². The van der Waals surface area contributed by atoms with E-state index in [1.807, 2.05) is 0 Å². The van der Waals surface area contributed by atoms with Crippen molar-refractivity contribution in [3.05, 3.63) is 35.4 Å². The van der Waals surface area contributed by atoms with Gasteiger partial charge in [0.15, 0.2) is 0 Å². The van der Waals surface area contributed by atoms with Crippen LogP contribution in [-0.4, -0.2) is 30.5 Å². The van der Waals surface area contributed by atoms with Crippen LogP contribution in [0.1, 0.15) is 12.0 Å². The van der Waals surface area contributed by atoms with E-state index in [2.05, 4.69) is 0 Å². The molecule has 0 bridgehead atoms. The molecule has 1 fully saturated rings. The number of halogens is 2. The molecule has 90 valence electrons. The first-order valence-corrected chi connectivity index (χ1v) is 4.82. The number of aliphatic hydroxyl groups is 2. The highest BCUT2D eigenvalue weighted by Crippen LogP contribution is 2.30. The molecular weight excluding hydrogens is 218 g/mol. The largest absolute Gasteiger partial charge is 0.400 e. The topological polar surface area (TPSA) is 49.7 Å². The molecular formula is C11H14F2O3. The third kappa shape index (κ3) is 2.75. The molecule has 1 aliphatic heterocycles. The number of hydrogen-bond donors (Lipinski definition) is 2. The molecule has 1 unspecified atom stereocenters. The van der Waals surface area contributed by atoms with E-state index < -0.39 is 17.2 Å². The van der Waals surface area contributed by atoms with Gasteiger partial charge in [0, 0.05) is 26.2 Å². The SMILES string of the molecule is CO.OC1(c2cc(F)cc(F)c2)CCOC1. The lowest BCUT2D eigenvalue weighted by molar-refractivity contribution is 0.0227. The highest BCUT2D eigenvalue weighted by molar-refractivity contribution is 5.25. The third-order valence-corrected chi connectivity index (χ3v) is 2.40. The van der Waals surface area contributed by atoms with Gasteiger partial charge in [0.2, 0.25) is 0 Å². The predicted molar refractivity (Wildman–Crippen MR) is 53.8 cm³/mol. The summed E-state index contributed by atoms with van der Waals surface area (Å²) in [5.74, 6) is -1.36. The molecule has 1 aromatic rings. The van der Waals surface area contributed by atoms with Gasteiger partial charge in [-0.3, -0.25) is 0 Å². The van der Waals surface area contributed by atoms with Crippen molar-refractivity contribution < 1.29 is 23.7 Å². The van der Waals surface area contributed by atoms with Gasteiger partial charge in [0.1, 0.15) is 17.2 Å². The molecule has 1 aliphatic rings. The Morgan fingerprint density at radius 3 is 2.19 bits per heavy atom. The summed E-state index contributed by atoms with van der Waals surface area (Å²) in [6, 6.07) is 3.05. The fourth-order valence-electron chi connectivity index (χ4n) is 1.60. The van der Waals surface area contributed by atoms with Crippen LogP contribution in [-0.2, 0) is 10.3 Å². The second kappa shape index (κ2) is 5.34. The summed E-state index contributed by atoms with van der Waals surface area (Å²) < 4.78 is 30.7. The van der Waals surface area contributed by atoms with Crippen LogP contribution in [0.5, 0.6) is 0 Å². The van der Waals surface area contributed by atoms with Gasteiger partial charge < -0.3 is 14.9 Å². The van der Waals surface area contributed by atoms with E-state index >= 15 is 0 Å². The molecule has 5 heteroatoms. The fraction of sp³-hybridized carbons (Fsp3) is 0.455. The average Bonchev–Trinajstić information content (AvgIpc) is 2.68. The van der Waals surface area contributed by atoms with Gasteiger partial charge in [-0.15, -0.1) is 0 Å². The maximum absolute atomic E-state index is 12.9. The normalized spacial score (nSPS) is 23.8. The molecule has 3 nitrogen and oxygen atoms in total. The van der Waals surface area contributed by atoms with E-state index in [9.17, 15) is 13.9 Å². The Morgan fingerprint density at radius 2 is 1.75 bits per heavy atom. The van der Waals surface area contributed by atoms with Crippen molar-refractivity contribution in [3.63, 3.8) is 0 Å². The first-order chi connectivity index (χ1) is 7.60. The zero-order valence-electron chi connectivity index (χ0n) is 8.91. The number of hydrogen-bond acceptors (Lipinski definition) is 3. The van der Waals surface area contributed by atoms with Crippen molar-refractivity contribution >= 4 is 0 Å². The van der Waals surface area contributed by atoms with E-state index in [0.717, 1.165) is 25.3 Å². The van der Waals surface area contributed by atoms with Crippen LogP contribution in [0.15, 0.2) is 18.2 Å². The molecule has 0 radical (unpaired) electrons. The van der Waals surface area contributed by atoms with Crippen LogP contribution >= 0.6 is 0 Å². The maximum Gasteiger partial charge on any atom is 0.126 e. The zero-order chi connectivity index (χ0) is 12.2. The lowest BCUT2D eigenvalue weighted by Crippen LogP contribution is -2.25. The Labute approximate surface area is 92.3 Å². The van der Waals surface area contributed by atoms with Crippen LogP contribution in [0, 0.1) is 11.6 Å². The summed E-state index contributed by atoms with van der Waals surface area (Å²) in [5, 5.41) is 17.0. The van der Waals surface area contributed by atoms with Crippen molar-refractivity contribution in [2.45, 2.75) is 12.0 Å². The molecule has 0 saturated carbocycles. The standard InChI is InChI=1S/C10H10F2O2.CH4O/c11-8-3-7(4-9(12)5-8)10(13)1-2-14-6-10;1-2/h3-5,13H,1-2,6H2;2H,1H3. The van der Waals surface area contributed by atoms with Crippen molar-refractivity contribution in [2.75, 3.05) is 20.3 Å². The van der Waals surface area contributed by atoms with E-state index in [1.165, 1.54) is 0 Å². The third-order valence-electron chi connectivity index (χ3n) is 2.40. The molecule has 16 heavy (non-hydrogen) atoms. The van der Waals surface area contributed by atoms with Gasteiger partial charge in [-0.05, 0) is 17.7 Å². The van der Waals surface area contributed by atoms with Gasteiger partial charge in [-0.25, -0.2) is 8.78 Å². The summed E-state index contributed by atoms with van der Waals surface area (Å²) in [7, 11) is 1.00. The minimum Gasteiger partial charge on any atom is -0.400 e. The summed E-state index contributed by atoms with van der Waals surface area (Å²) >= 11 is 0. The second-order valence-corrected chi connectivity index (χ2v) is 3.49. The summed E-state index contributed by atoms with van der Waals surface area (Å²) in [5.41, 5.74) is -0.990. The number of ether oxygens (including phenoxy) is 1. The molecule has 0 aliphatic carbocycles. The zero-order valence-corrected chi connectivity index (χ0v) is 8.91. The molecule has 0 spiro atoms. The summed E-state index contributed by atoms with van der Waals surface area (Å²) in [6.07, 6.45) is 0.371. The smallest absolute Gasteiger partial charge is 0.126 e. The molecule has 0 aromatic heterocycles. The van der Waals surface area contributed by atoms with Crippen LogP contribution in [0.2, 0.25) is 0 Å². The summed E-state index contributed by atoms with van der Waals surface area (Å²) in [6.45, 7) is 0.504. The van der Waals surface area contributed by atoms with E-state index in [0.29, 0.717) is 13.0 Å². The Kier molecular flexibility index (Phi) is 4.35. The molecule has 1 saturated heterocycles. The minimum absolute atomic E-state index is 0.0931. The molecule has 2 rings (SSSR count). The monoisotopic (exact) mass is 232 g/mol. The Bertz CT molecular complexity index is 329. The average molecular weight is 232 g/mol. The highest BCUT2D eigenvalue weighted by atomic mass is 19.1. The minimum atomic E-state index is -1.23.